The molecule has 0 saturated carbocycles. The first-order valence-electron chi connectivity index (χ1n) is 11.3. The molecule has 34 heavy (non-hydrogen) atoms. The summed E-state index contributed by atoms with van der Waals surface area (Å²) in [5.74, 6) is 0.532. The Bertz CT molecular complexity index is 1240. The molecule has 3 aromatic carbocycles. The zero-order chi connectivity index (χ0) is 24.0. The van der Waals surface area contributed by atoms with Crippen molar-refractivity contribution in [3.63, 3.8) is 0 Å². The van der Waals surface area contributed by atoms with E-state index in [1.54, 1.807) is 32.4 Å². The third kappa shape index (κ3) is 3.65. The topological polar surface area (TPSA) is 77.4 Å². The number of benzene rings is 3. The molecule has 3 aromatic rings. The first-order valence-corrected chi connectivity index (χ1v) is 11.3. The number of halogens is 1. The maximum Gasteiger partial charge on any atom is 0.163 e. The van der Waals surface area contributed by atoms with Crippen LogP contribution in [0.5, 0.6) is 23.0 Å². The van der Waals surface area contributed by atoms with Gasteiger partial charge in [-0.25, -0.2) is 4.39 Å². The summed E-state index contributed by atoms with van der Waals surface area (Å²) in [4.78, 5) is 0. The van der Waals surface area contributed by atoms with Gasteiger partial charge >= 0.3 is 0 Å². The minimum atomic E-state index is -0.451. The highest BCUT2D eigenvalue weighted by molar-refractivity contribution is 5.83. The number of phenols is 2. The largest absolute Gasteiger partial charge is 0.504 e. The van der Waals surface area contributed by atoms with Crippen LogP contribution in [0.2, 0.25) is 0 Å². The van der Waals surface area contributed by atoms with E-state index in [2.05, 4.69) is 0 Å². The summed E-state index contributed by atoms with van der Waals surface area (Å²) in [6, 6.07) is 9.67. The van der Waals surface area contributed by atoms with Crippen molar-refractivity contribution >= 4 is 0 Å². The van der Waals surface area contributed by atoms with Crippen molar-refractivity contribution in [2.45, 2.75) is 38.6 Å². The number of ether oxygens (including phenoxy) is 4. The molecule has 0 aliphatic carbocycles. The van der Waals surface area contributed by atoms with Crippen LogP contribution in [0.15, 0.2) is 36.4 Å². The lowest BCUT2D eigenvalue weighted by Gasteiger charge is -2.32. The molecule has 5 rings (SSSR count). The summed E-state index contributed by atoms with van der Waals surface area (Å²) in [7, 11) is 3.19. The highest BCUT2D eigenvalue weighted by atomic mass is 19.1. The standard InChI is InChI=1S/C27H27FO6/c1-14-10-18-19(11-21(29)26(30)20(18)13-34-14)24-17-8-9-33-27(15-4-6-16(28)7-5-15)25(17)23(32-3)12-22(24)31-2/h4-7,11-12,14,27,29-30H,8-10,13H2,1-3H3. The monoisotopic (exact) mass is 466 g/mol. The van der Waals surface area contributed by atoms with Crippen LogP contribution in [0, 0.1) is 5.82 Å². The molecule has 0 saturated heterocycles. The molecule has 0 bridgehead atoms. The van der Waals surface area contributed by atoms with Crippen LogP contribution in [-0.2, 0) is 28.9 Å². The lowest BCUT2D eigenvalue weighted by molar-refractivity contribution is 0.0396. The van der Waals surface area contributed by atoms with Crippen molar-refractivity contribution in [3.05, 3.63) is 70.0 Å². The van der Waals surface area contributed by atoms with Crippen molar-refractivity contribution in [1.82, 2.24) is 0 Å². The second-order valence-corrected chi connectivity index (χ2v) is 8.68. The molecule has 0 fully saturated rings. The Kier molecular flexibility index (Phi) is 5.83. The first-order chi connectivity index (χ1) is 16.4. The Morgan fingerprint density at radius 2 is 1.68 bits per heavy atom. The van der Waals surface area contributed by atoms with Gasteiger partial charge in [-0.3, -0.25) is 0 Å². The number of aromatic hydroxyl groups is 2. The van der Waals surface area contributed by atoms with E-state index in [0.717, 1.165) is 33.4 Å². The predicted molar refractivity (Wildman–Crippen MR) is 124 cm³/mol. The fourth-order valence-electron chi connectivity index (χ4n) is 5.07. The SMILES string of the molecule is COc1cc(OC)c2c(c1-c1cc(O)c(O)c3c1CC(C)OC3)CCOC2c1ccc(F)cc1. The van der Waals surface area contributed by atoms with E-state index < -0.39 is 6.10 Å². The Morgan fingerprint density at radius 3 is 2.38 bits per heavy atom. The Hall–Kier alpha value is -3.29. The van der Waals surface area contributed by atoms with Crippen LogP contribution >= 0.6 is 0 Å². The van der Waals surface area contributed by atoms with Gasteiger partial charge in [-0.2, -0.15) is 0 Å². The van der Waals surface area contributed by atoms with E-state index in [4.69, 9.17) is 18.9 Å². The summed E-state index contributed by atoms with van der Waals surface area (Å²) in [6.45, 7) is 2.64. The van der Waals surface area contributed by atoms with Crippen molar-refractivity contribution < 1.29 is 33.6 Å². The molecule has 178 valence electrons. The van der Waals surface area contributed by atoms with E-state index in [1.165, 1.54) is 12.1 Å². The molecule has 0 radical (unpaired) electrons. The molecule has 0 amide bonds. The average molecular weight is 467 g/mol. The average Bonchev–Trinajstić information content (AvgIpc) is 2.85. The first kappa shape index (κ1) is 22.5. The third-order valence-corrected chi connectivity index (χ3v) is 6.68. The van der Waals surface area contributed by atoms with Crippen LogP contribution in [0.25, 0.3) is 11.1 Å². The van der Waals surface area contributed by atoms with Gasteiger partial charge in [0.05, 0.1) is 33.5 Å². The van der Waals surface area contributed by atoms with Crippen molar-refractivity contribution in [2.24, 2.45) is 0 Å². The fraction of sp³-hybridized carbons (Fsp3) is 0.333. The minimum Gasteiger partial charge on any atom is -0.504 e. The fourth-order valence-corrected chi connectivity index (χ4v) is 5.07. The van der Waals surface area contributed by atoms with E-state index in [-0.39, 0.29) is 30.0 Å². The van der Waals surface area contributed by atoms with Gasteiger partial charge in [-0.1, -0.05) is 12.1 Å². The molecule has 6 nitrogen and oxygen atoms in total. The van der Waals surface area contributed by atoms with Crippen molar-refractivity contribution in [1.29, 1.82) is 0 Å². The molecule has 2 aliphatic heterocycles. The molecule has 2 N–H and O–H groups in total. The smallest absolute Gasteiger partial charge is 0.163 e. The number of hydrogen-bond acceptors (Lipinski definition) is 6. The highest BCUT2D eigenvalue weighted by Crippen LogP contribution is 2.51. The van der Waals surface area contributed by atoms with Gasteiger partial charge in [0.2, 0.25) is 0 Å². The zero-order valence-corrected chi connectivity index (χ0v) is 19.4. The molecular weight excluding hydrogens is 439 g/mol. The van der Waals surface area contributed by atoms with E-state index in [1.807, 2.05) is 13.0 Å². The molecule has 2 aliphatic rings. The van der Waals surface area contributed by atoms with Crippen LogP contribution in [0.3, 0.4) is 0 Å². The molecule has 2 heterocycles. The third-order valence-electron chi connectivity index (χ3n) is 6.68. The number of hydrogen-bond donors (Lipinski definition) is 2. The molecule has 0 aromatic heterocycles. The lowest BCUT2D eigenvalue weighted by atomic mass is 9.82. The van der Waals surface area contributed by atoms with Gasteiger partial charge in [0, 0.05) is 22.8 Å². The Labute approximate surface area is 197 Å². The van der Waals surface area contributed by atoms with Gasteiger partial charge in [0.25, 0.3) is 0 Å². The minimum absolute atomic E-state index is 0.0365. The van der Waals surface area contributed by atoms with E-state index in [0.29, 0.717) is 36.5 Å². The number of rotatable bonds is 4. The van der Waals surface area contributed by atoms with Crippen LogP contribution in [0.4, 0.5) is 4.39 Å². The molecule has 2 atom stereocenters. The maximum atomic E-state index is 13.6. The highest BCUT2D eigenvalue weighted by Gasteiger charge is 2.33. The number of fused-ring (bicyclic) bond motifs is 2. The van der Waals surface area contributed by atoms with Gasteiger partial charge in [0.15, 0.2) is 11.5 Å². The van der Waals surface area contributed by atoms with Crippen LogP contribution in [0.1, 0.15) is 40.8 Å². The zero-order valence-electron chi connectivity index (χ0n) is 19.4. The lowest BCUT2D eigenvalue weighted by Crippen LogP contribution is -2.22. The number of methoxy groups -OCH3 is 2. The predicted octanol–water partition coefficient (Wildman–Crippen LogP) is 5.04. The summed E-state index contributed by atoms with van der Waals surface area (Å²) in [5, 5.41) is 21.1. The molecule has 7 heteroatoms. The van der Waals surface area contributed by atoms with Gasteiger partial charge in [-0.05, 0) is 60.2 Å². The number of phenolic OH excluding ortho intramolecular Hbond substituents is 2. The van der Waals surface area contributed by atoms with Gasteiger partial charge in [-0.15, -0.1) is 0 Å². The normalized spacial score (nSPS) is 19.3. The van der Waals surface area contributed by atoms with Crippen LogP contribution in [-0.4, -0.2) is 37.1 Å². The Morgan fingerprint density at radius 1 is 0.941 bits per heavy atom. The molecule has 2 unspecified atom stereocenters. The summed E-state index contributed by atoms with van der Waals surface area (Å²) < 4.78 is 37.1. The van der Waals surface area contributed by atoms with E-state index in [9.17, 15) is 14.6 Å². The van der Waals surface area contributed by atoms with Crippen LogP contribution < -0.4 is 9.47 Å². The summed E-state index contributed by atoms with van der Waals surface area (Å²) in [6.07, 6.45) is 0.692. The van der Waals surface area contributed by atoms with Gasteiger partial charge < -0.3 is 29.2 Å². The Balaban J connectivity index is 1.80. The molecule has 0 spiro atoms. The second-order valence-electron chi connectivity index (χ2n) is 8.68. The summed E-state index contributed by atoms with van der Waals surface area (Å²) >= 11 is 0. The quantitative estimate of drug-likeness (QED) is 0.525. The summed E-state index contributed by atoms with van der Waals surface area (Å²) in [5.41, 5.74) is 5.76. The maximum absolute atomic E-state index is 13.6. The van der Waals surface area contributed by atoms with Crippen molar-refractivity contribution in [2.75, 3.05) is 20.8 Å². The second kappa shape index (κ2) is 8.81. The van der Waals surface area contributed by atoms with Crippen molar-refractivity contribution in [3.8, 4) is 34.1 Å². The van der Waals surface area contributed by atoms with Gasteiger partial charge in [0.1, 0.15) is 23.4 Å². The van der Waals surface area contributed by atoms with E-state index >= 15 is 0 Å². The molecular formula is C27H27FO6.